The van der Waals surface area contributed by atoms with Crippen LogP contribution in [0.3, 0.4) is 0 Å². The highest BCUT2D eigenvalue weighted by molar-refractivity contribution is 5.99. The summed E-state index contributed by atoms with van der Waals surface area (Å²) in [7, 11) is 2.14. The molecular formula is C25H26N8O. The predicted molar refractivity (Wildman–Crippen MR) is 131 cm³/mol. The van der Waals surface area contributed by atoms with Crippen molar-refractivity contribution in [1.29, 1.82) is 0 Å². The summed E-state index contributed by atoms with van der Waals surface area (Å²) < 4.78 is 1.70. The van der Waals surface area contributed by atoms with Gasteiger partial charge in [0, 0.05) is 55.3 Å². The molecule has 172 valence electrons. The molecule has 0 atom stereocenters. The van der Waals surface area contributed by atoms with Gasteiger partial charge in [0.2, 0.25) is 5.91 Å². The summed E-state index contributed by atoms with van der Waals surface area (Å²) in [5, 5.41) is 8.75. The van der Waals surface area contributed by atoms with Crippen LogP contribution in [0.1, 0.15) is 16.1 Å². The summed E-state index contributed by atoms with van der Waals surface area (Å²) in [6, 6.07) is 11.3. The number of carbonyl (C=O) groups is 1. The molecule has 0 bridgehead atoms. The molecule has 1 aliphatic rings. The van der Waals surface area contributed by atoms with Crippen molar-refractivity contribution in [3.63, 3.8) is 0 Å². The van der Waals surface area contributed by atoms with Gasteiger partial charge in [-0.15, -0.1) is 5.10 Å². The number of pyridine rings is 2. The smallest absolute Gasteiger partial charge is 0.249 e. The van der Waals surface area contributed by atoms with E-state index in [1.807, 2.05) is 37.5 Å². The van der Waals surface area contributed by atoms with Crippen LogP contribution in [0.25, 0.3) is 28.1 Å². The Kier molecular flexibility index (Phi) is 5.77. The van der Waals surface area contributed by atoms with E-state index in [-0.39, 0.29) is 0 Å². The van der Waals surface area contributed by atoms with Crippen LogP contribution in [-0.2, 0) is 0 Å². The van der Waals surface area contributed by atoms with Gasteiger partial charge in [-0.3, -0.25) is 14.8 Å². The van der Waals surface area contributed by atoms with Crippen LogP contribution >= 0.6 is 0 Å². The molecule has 5 rings (SSSR count). The molecule has 1 aromatic carbocycles. The minimum Gasteiger partial charge on any atom is -0.368 e. The number of nitrogens with zero attached hydrogens (tertiary/aromatic N) is 7. The average molecular weight is 455 g/mol. The van der Waals surface area contributed by atoms with Gasteiger partial charge in [-0.2, -0.15) is 0 Å². The van der Waals surface area contributed by atoms with Crippen molar-refractivity contribution in [3.8, 4) is 28.1 Å². The van der Waals surface area contributed by atoms with E-state index in [0.717, 1.165) is 65.6 Å². The standard InChI is InChI=1S/C25H26N8O/c1-17-24(12-18(14-28-17)21-5-3-4-6-22(21)25(26)34)33-16-23(29-30-33)19-11-20(15-27-13-19)32-9-7-31(2)8-10-32/h3-6,11-16H,7-10H2,1-2H3,(H2,26,34). The van der Waals surface area contributed by atoms with E-state index in [4.69, 9.17) is 5.73 Å². The zero-order valence-electron chi connectivity index (χ0n) is 19.2. The van der Waals surface area contributed by atoms with E-state index in [1.165, 1.54) is 0 Å². The first-order valence-electron chi connectivity index (χ1n) is 11.2. The average Bonchev–Trinajstić information content (AvgIpc) is 3.35. The van der Waals surface area contributed by atoms with Crippen LogP contribution in [0.15, 0.2) is 61.2 Å². The summed E-state index contributed by atoms with van der Waals surface area (Å²) in [4.78, 5) is 25.5. The maximum absolute atomic E-state index is 11.9. The molecule has 0 radical (unpaired) electrons. The molecule has 2 N–H and O–H groups in total. The minimum atomic E-state index is -0.478. The first-order valence-corrected chi connectivity index (χ1v) is 11.2. The number of carbonyl (C=O) groups excluding carboxylic acids is 1. The summed E-state index contributed by atoms with van der Waals surface area (Å²) >= 11 is 0. The van der Waals surface area contributed by atoms with E-state index >= 15 is 0 Å². The molecule has 0 unspecified atom stereocenters. The van der Waals surface area contributed by atoms with Gasteiger partial charge >= 0.3 is 0 Å². The summed E-state index contributed by atoms with van der Waals surface area (Å²) in [6.07, 6.45) is 7.31. The molecule has 1 aliphatic heterocycles. The van der Waals surface area contributed by atoms with Crippen molar-refractivity contribution in [2.75, 3.05) is 38.1 Å². The normalized spacial score (nSPS) is 14.4. The van der Waals surface area contributed by atoms with E-state index in [1.54, 1.807) is 29.2 Å². The highest BCUT2D eigenvalue weighted by Crippen LogP contribution is 2.27. The second-order valence-corrected chi connectivity index (χ2v) is 8.51. The zero-order chi connectivity index (χ0) is 23.7. The van der Waals surface area contributed by atoms with Crippen LogP contribution in [0.5, 0.6) is 0 Å². The molecule has 9 nitrogen and oxygen atoms in total. The highest BCUT2D eigenvalue weighted by Gasteiger charge is 2.17. The molecule has 34 heavy (non-hydrogen) atoms. The Morgan fingerprint density at radius 3 is 2.59 bits per heavy atom. The number of hydrogen-bond acceptors (Lipinski definition) is 7. The van der Waals surface area contributed by atoms with Crippen LogP contribution in [0.2, 0.25) is 0 Å². The first-order chi connectivity index (χ1) is 16.5. The fourth-order valence-electron chi connectivity index (χ4n) is 4.17. The quantitative estimate of drug-likeness (QED) is 0.494. The lowest BCUT2D eigenvalue weighted by molar-refractivity contribution is 0.100. The molecule has 3 aromatic heterocycles. The van der Waals surface area contributed by atoms with Crippen molar-refractivity contribution in [3.05, 3.63) is 72.4 Å². The molecule has 0 saturated carbocycles. The third-order valence-corrected chi connectivity index (χ3v) is 6.19. The number of hydrogen-bond donors (Lipinski definition) is 1. The van der Waals surface area contributed by atoms with Gasteiger partial charge < -0.3 is 15.5 Å². The van der Waals surface area contributed by atoms with Crippen molar-refractivity contribution >= 4 is 11.6 Å². The summed E-state index contributed by atoms with van der Waals surface area (Å²) in [5.41, 5.74) is 11.8. The van der Waals surface area contributed by atoms with Crippen LogP contribution in [0.4, 0.5) is 5.69 Å². The Balaban J connectivity index is 1.46. The number of nitrogens with two attached hydrogens (primary N) is 1. The maximum atomic E-state index is 11.9. The van der Waals surface area contributed by atoms with Gasteiger partial charge in [0.05, 0.1) is 29.5 Å². The highest BCUT2D eigenvalue weighted by atomic mass is 16.1. The van der Waals surface area contributed by atoms with Gasteiger partial charge in [0.25, 0.3) is 0 Å². The first kappa shape index (κ1) is 21.7. The van der Waals surface area contributed by atoms with E-state index in [0.29, 0.717) is 5.56 Å². The molecular weight excluding hydrogens is 428 g/mol. The number of benzene rings is 1. The molecule has 0 aliphatic carbocycles. The third kappa shape index (κ3) is 4.25. The lowest BCUT2D eigenvalue weighted by Crippen LogP contribution is -2.44. The van der Waals surface area contributed by atoms with E-state index < -0.39 is 5.91 Å². The summed E-state index contributed by atoms with van der Waals surface area (Å²) in [6.45, 7) is 5.91. The number of anilines is 1. The van der Waals surface area contributed by atoms with Crippen molar-refractivity contribution in [1.82, 2.24) is 29.9 Å². The van der Waals surface area contributed by atoms with Gasteiger partial charge in [0.1, 0.15) is 5.69 Å². The number of aromatic nitrogens is 5. The van der Waals surface area contributed by atoms with E-state index in [2.05, 4.69) is 43.2 Å². The third-order valence-electron chi connectivity index (χ3n) is 6.19. The topological polar surface area (TPSA) is 106 Å². The lowest BCUT2D eigenvalue weighted by atomic mass is 10.00. The monoisotopic (exact) mass is 454 g/mol. The van der Waals surface area contributed by atoms with Gasteiger partial charge in [-0.05, 0) is 37.7 Å². The van der Waals surface area contributed by atoms with Gasteiger partial charge in [0.15, 0.2) is 0 Å². The molecule has 1 saturated heterocycles. The number of piperazine rings is 1. The number of rotatable bonds is 5. The Bertz CT molecular complexity index is 1340. The molecule has 1 amide bonds. The van der Waals surface area contributed by atoms with Crippen LogP contribution in [-0.4, -0.2) is 69.0 Å². The summed E-state index contributed by atoms with van der Waals surface area (Å²) in [5.74, 6) is -0.478. The van der Waals surface area contributed by atoms with Crippen molar-refractivity contribution < 1.29 is 4.79 Å². The second-order valence-electron chi connectivity index (χ2n) is 8.51. The maximum Gasteiger partial charge on any atom is 0.249 e. The Morgan fingerprint density at radius 1 is 1.00 bits per heavy atom. The molecule has 1 fully saturated rings. The number of aryl methyl sites for hydroxylation is 1. The fraction of sp³-hybridized carbons (Fsp3) is 0.240. The SMILES string of the molecule is Cc1ncc(-c2ccccc2C(N)=O)cc1-n1cc(-c2cncc(N3CCN(C)CC3)c2)nn1. The second kappa shape index (κ2) is 9.03. The fourth-order valence-corrected chi connectivity index (χ4v) is 4.17. The van der Waals surface area contributed by atoms with E-state index in [9.17, 15) is 4.79 Å². The zero-order valence-corrected chi connectivity index (χ0v) is 19.2. The van der Waals surface area contributed by atoms with Crippen LogP contribution < -0.4 is 10.6 Å². The van der Waals surface area contributed by atoms with Crippen molar-refractivity contribution in [2.45, 2.75) is 6.92 Å². The van der Waals surface area contributed by atoms with Gasteiger partial charge in [-0.1, -0.05) is 23.4 Å². The minimum absolute atomic E-state index is 0.449. The predicted octanol–water partition coefficient (Wildman–Crippen LogP) is 2.55. The lowest BCUT2D eigenvalue weighted by Gasteiger charge is -2.33. The van der Waals surface area contributed by atoms with Gasteiger partial charge in [-0.25, -0.2) is 4.68 Å². The molecule has 9 heteroatoms. The van der Waals surface area contributed by atoms with Crippen molar-refractivity contribution in [2.24, 2.45) is 5.73 Å². The number of likely N-dealkylation sites (N-methyl/N-ethyl adjacent to an activating group) is 1. The molecule has 0 spiro atoms. The molecule has 4 aromatic rings. The largest absolute Gasteiger partial charge is 0.368 e. The Hall–Kier alpha value is -4.11. The number of amides is 1. The Morgan fingerprint density at radius 2 is 1.79 bits per heavy atom. The van der Waals surface area contributed by atoms with Crippen LogP contribution in [0, 0.1) is 6.92 Å². The number of primary amides is 1. The Labute approximate surface area is 197 Å². The molecule has 4 heterocycles.